The molecule has 0 aliphatic rings. The minimum atomic E-state index is 0.0376. The molecule has 1 aromatic rings. The first-order valence-electron chi connectivity index (χ1n) is 3.87. The molecule has 0 bridgehead atoms. The van der Waals surface area contributed by atoms with E-state index >= 15 is 0 Å². The molecule has 0 amide bonds. The summed E-state index contributed by atoms with van der Waals surface area (Å²) in [6.07, 6.45) is 0. The summed E-state index contributed by atoms with van der Waals surface area (Å²) in [6, 6.07) is 7.63. The summed E-state index contributed by atoms with van der Waals surface area (Å²) in [7, 11) is 2.01. The zero-order valence-corrected chi connectivity index (χ0v) is 7.33. The molecule has 3 heteroatoms. The Morgan fingerprint density at radius 1 is 1.42 bits per heavy atom. The molecule has 0 unspecified atom stereocenters. The predicted octanol–water partition coefficient (Wildman–Crippen LogP) is -0.0872. The Hall–Kier alpha value is -1.25. The van der Waals surface area contributed by atoms with Crippen molar-refractivity contribution in [1.82, 2.24) is 0 Å². The molecule has 0 aliphatic heterocycles. The average molecular weight is 162 g/mol. The fraction of sp³-hybridized carbons (Fsp3) is 0.222. The van der Waals surface area contributed by atoms with E-state index in [1.54, 1.807) is 0 Å². The van der Waals surface area contributed by atoms with Crippen LogP contribution in [0.1, 0.15) is 6.92 Å². The van der Waals surface area contributed by atoms with Crippen LogP contribution in [0, 0.1) is 0 Å². The fourth-order valence-corrected chi connectivity index (χ4v) is 0.819. The van der Waals surface area contributed by atoms with Crippen molar-refractivity contribution in [1.29, 1.82) is 0 Å². The van der Waals surface area contributed by atoms with Gasteiger partial charge in [-0.2, -0.15) is 0 Å². The summed E-state index contributed by atoms with van der Waals surface area (Å²) in [4.78, 5) is 10.6. The van der Waals surface area contributed by atoms with Gasteiger partial charge in [-0.25, -0.2) is 0 Å². The van der Waals surface area contributed by atoms with Gasteiger partial charge in [-0.05, 0) is 19.1 Å². The molecule has 0 saturated heterocycles. The largest absolute Gasteiger partial charge is 0.486 e. The predicted molar refractivity (Wildman–Crippen MR) is 50.8 cm³/mol. The molecule has 12 heavy (non-hydrogen) atoms. The number of Topliss-reactive ketones (excluding diaryl/α,β-unsaturated/α-hetero) is 1. The van der Waals surface area contributed by atoms with Crippen LogP contribution in [-0.4, -0.2) is 20.2 Å². The van der Waals surface area contributed by atoms with E-state index in [2.05, 4.69) is 0 Å². The van der Waals surface area contributed by atoms with Gasteiger partial charge in [-0.1, -0.05) is 17.6 Å². The van der Waals surface area contributed by atoms with Gasteiger partial charge in [0.25, 0.3) is 0 Å². The average Bonchev–Trinajstić information content (AvgIpc) is 2.03. The van der Waals surface area contributed by atoms with Crippen molar-refractivity contribution in [2.75, 3.05) is 6.61 Å². The molecule has 0 radical (unpaired) electrons. The van der Waals surface area contributed by atoms with E-state index in [0.29, 0.717) is 0 Å². The molecule has 0 spiro atoms. The lowest BCUT2D eigenvalue weighted by molar-refractivity contribution is -0.118. The highest BCUT2D eigenvalue weighted by atomic mass is 16.5. The Morgan fingerprint density at radius 2 is 2.00 bits per heavy atom. The normalized spacial score (nSPS) is 9.42. The summed E-state index contributed by atoms with van der Waals surface area (Å²) >= 11 is 0. The number of hydrogen-bond donors (Lipinski definition) is 0. The van der Waals surface area contributed by atoms with Crippen molar-refractivity contribution in [2.24, 2.45) is 0 Å². The van der Waals surface area contributed by atoms with Crippen LogP contribution in [0.15, 0.2) is 24.3 Å². The van der Waals surface area contributed by atoms with E-state index in [-0.39, 0.29) is 12.4 Å². The summed E-state index contributed by atoms with van der Waals surface area (Å²) in [5.41, 5.74) is 1.19. The molecule has 0 fully saturated rings. The van der Waals surface area contributed by atoms with Gasteiger partial charge >= 0.3 is 0 Å². The second kappa shape index (κ2) is 3.95. The maximum absolute atomic E-state index is 10.6. The molecule has 0 N–H and O–H groups in total. The third-order valence-corrected chi connectivity index (χ3v) is 1.46. The zero-order valence-electron chi connectivity index (χ0n) is 7.33. The minimum absolute atomic E-state index is 0.0376. The van der Waals surface area contributed by atoms with E-state index in [1.807, 2.05) is 32.1 Å². The molecule has 1 aromatic carbocycles. The van der Waals surface area contributed by atoms with Crippen molar-refractivity contribution in [3.8, 4) is 5.75 Å². The molecule has 0 atom stereocenters. The van der Waals surface area contributed by atoms with Gasteiger partial charge in [0.15, 0.2) is 5.78 Å². The lowest BCUT2D eigenvalue weighted by Crippen LogP contribution is -2.07. The topological polar surface area (TPSA) is 26.3 Å². The molecule has 2 nitrogen and oxygen atoms in total. The maximum atomic E-state index is 10.6. The maximum Gasteiger partial charge on any atom is 0.167 e. The van der Waals surface area contributed by atoms with Crippen LogP contribution in [0.4, 0.5) is 0 Å². The highest BCUT2D eigenvalue weighted by Crippen LogP contribution is 2.06. The first-order valence-corrected chi connectivity index (χ1v) is 3.87. The van der Waals surface area contributed by atoms with E-state index < -0.39 is 0 Å². The third-order valence-electron chi connectivity index (χ3n) is 1.46. The molecule has 0 heterocycles. The molecule has 0 aromatic heterocycles. The number of carbonyl (C=O) groups excluding carboxylic acids is 1. The lowest BCUT2D eigenvalue weighted by Gasteiger charge is -2.02. The van der Waals surface area contributed by atoms with Gasteiger partial charge in [0.2, 0.25) is 0 Å². The lowest BCUT2D eigenvalue weighted by atomic mass is 9.97. The first-order chi connectivity index (χ1) is 5.68. The molecule has 62 valence electrons. The number of hydrogen-bond acceptors (Lipinski definition) is 2. The van der Waals surface area contributed by atoms with Gasteiger partial charge in [0.05, 0.1) is 0 Å². The van der Waals surface area contributed by atoms with Crippen molar-refractivity contribution in [3.63, 3.8) is 0 Å². The van der Waals surface area contributed by atoms with Gasteiger partial charge < -0.3 is 4.74 Å². The summed E-state index contributed by atoms with van der Waals surface area (Å²) < 4.78 is 5.17. The smallest absolute Gasteiger partial charge is 0.167 e. The number of rotatable bonds is 3. The summed E-state index contributed by atoms with van der Waals surface area (Å²) in [5, 5.41) is 0. The Kier molecular flexibility index (Phi) is 2.91. The van der Waals surface area contributed by atoms with E-state index in [1.165, 1.54) is 12.4 Å². The second-order valence-corrected chi connectivity index (χ2v) is 2.80. The van der Waals surface area contributed by atoms with Crippen LogP contribution in [-0.2, 0) is 4.79 Å². The number of carbonyl (C=O) groups is 1. The van der Waals surface area contributed by atoms with Gasteiger partial charge in [0, 0.05) is 0 Å². The van der Waals surface area contributed by atoms with E-state index in [9.17, 15) is 4.79 Å². The highest BCUT2D eigenvalue weighted by molar-refractivity contribution is 6.32. The van der Waals surface area contributed by atoms with Crippen LogP contribution < -0.4 is 10.2 Å². The number of ketones is 1. The second-order valence-electron chi connectivity index (χ2n) is 2.80. The highest BCUT2D eigenvalue weighted by Gasteiger charge is 1.94. The molecular formula is C9H11BO2. The number of ether oxygens (including phenoxy) is 1. The molecule has 0 aliphatic carbocycles. The molecule has 0 saturated carbocycles. The quantitative estimate of drug-likeness (QED) is 0.580. The molecular weight excluding hydrogens is 151 g/mol. The van der Waals surface area contributed by atoms with Gasteiger partial charge in [0.1, 0.15) is 20.2 Å². The summed E-state index contributed by atoms with van der Waals surface area (Å²) in [6.45, 7) is 1.66. The van der Waals surface area contributed by atoms with Crippen LogP contribution in [0.25, 0.3) is 0 Å². The van der Waals surface area contributed by atoms with Crippen molar-refractivity contribution in [2.45, 2.75) is 6.92 Å². The van der Waals surface area contributed by atoms with Crippen LogP contribution in [0.2, 0.25) is 0 Å². The van der Waals surface area contributed by atoms with Crippen LogP contribution in [0.3, 0.4) is 0 Å². The van der Waals surface area contributed by atoms with Gasteiger partial charge in [-0.3, -0.25) is 4.79 Å². The van der Waals surface area contributed by atoms with Gasteiger partial charge in [-0.15, -0.1) is 0 Å². The minimum Gasteiger partial charge on any atom is -0.486 e. The summed E-state index contributed by atoms with van der Waals surface area (Å²) in [5.74, 6) is 0.784. The number of benzene rings is 1. The fourth-order valence-electron chi connectivity index (χ4n) is 0.819. The third kappa shape index (κ3) is 2.78. The monoisotopic (exact) mass is 162 g/mol. The van der Waals surface area contributed by atoms with Crippen molar-refractivity contribution in [3.05, 3.63) is 24.3 Å². The van der Waals surface area contributed by atoms with E-state index in [0.717, 1.165) is 5.75 Å². The Labute approximate surface area is 73.0 Å². The van der Waals surface area contributed by atoms with Crippen LogP contribution in [0.5, 0.6) is 5.75 Å². The van der Waals surface area contributed by atoms with Crippen molar-refractivity contribution < 1.29 is 9.53 Å². The molecule has 1 rings (SSSR count). The SMILES string of the molecule is Bc1ccc(OCC(C)=O)cc1. The zero-order chi connectivity index (χ0) is 8.97. The Balaban J connectivity index is 2.53. The first kappa shape index (κ1) is 8.85. The van der Waals surface area contributed by atoms with E-state index in [4.69, 9.17) is 4.74 Å². The van der Waals surface area contributed by atoms with Crippen molar-refractivity contribution >= 4 is 19.1 Å². The Morgan fingerprint density at radius 3 is 2.50 bits per heavy atom. The Bertz CT molecular complexity index is 266. The standard InChI is InChI=1S/C9H11BO2/c1-7(11)6-12-9-4-2-8(10)3-5-9/h2-5H,6,10H2,1H3. The van der Waals surface area contributed by atoms with Crippen LogP contribution >= 0.6 is 0 Å².